The first kappa shape index (κ1) is 22.4. The Hall–Kier alpha value is -2.28. The molecule has 0 aromatic heterocycles. The van der Waals surface area contributed by atoms with Gasteiger partial charge in [0.25, 0.3) is 0 Å². The van der Waals surface area contributed by atoms with Crippen molar-refractivity contribution in [3.8, 4) is 0 Å². The van der Waals surface area contributed by atoms with E-state index in [-0.39, 0.29) is 42.5 Å². The normalized spacial score (nSPS) is 13.5. The Bertz CT molecular complexity index is 1150. The molecule has 0 amide bonds. The average Bonchev–Trinajstić information content (AvgIpc) is 2.67. The van der Waals surface area contributed by atoms with Gasteiger partial charge < -0.3 is 5.11 Å². The molecule has 3 aromatic rings. The smallest absolute Gasteiger partial charge is 0.399 e. The van der Waals surface area contributed by atoms with Crippen LogP contribution in [-0.2, 0) is 0 Å². The molecule has 3 aromatic carbocycles. The van der Waals surface area contributed by atoms with Crippen LogP contribution in [0.25, 0.3) is 16.6 Å². The Morgan fingerprint density at radius 1 is 0.933 bits per heavy atom. The third-order valence-electron chi connectivity index (χ3n) is 4.44. The number of halogens is 7. The van der Waals surface area contributed by atoms with Crippen molar-refractivity contribution in [2.75, 3.05) is 0 Å². The second-order valence-electron chi connectivity index (χ2n) is 6.34. The van der Waals surface area contributed by atoms with Gasteiger partial charge in [0, 0.05) is 5.56 Å². The summed E-state index contributed by atoms with van der Waals surface area (Å²) < 4.78 is 56.2. The molecule has 30 heavy (non-hydrogen) atoms. The predicted octanol–water partition coefficient (Wildman–Crippen LogP) is 8.15. The Morgan fingerprint density at radius 2 is 1.43 bits per heavy atom. The SMILES string of the molecule is O=C(O)c1ccc(/C(F)=C/C(c2cc(Cl)c(Cl)c(Cl)c2)C(F)(F)F)c2ccccc12. The van der Waals surface area contributed by atoms with Crippen LogP contribution in [0.5, 0.6) is 0 Å². The van der Waals surface area contributed by atoms with E-state index in [0.29, 0.717) is 6.08 Å². The molecule has 3 rings (SSSR count). The lowest BCUT2D eigenvalue weighted by molar-refractivity contribution is -0.139. The Balaban J connectivity index is 2.19. The quantitative estimate of drug-likeness (QED) is 0.304. The van der Waals surface area contributed by atoms with Crippen LogP contribution >= 0.6 is 34.8 Å². The van der Waals surface area contributed by atoms with Crippen molar-refractivity contribution in [3.05, 3.63) is 86.4 Å². The number of fused-ring (bicyclic) bond motifs is 1. The summed E-state index contributed by atoms with van der Waals surface area (Å²) in [4.78, 5) is 11.4. The average molecular weight is 478 g/mol. The number of carboxylic acid groups (broad SMARTS) is 1. The highest BCUT2D eigenvalue weighted by molar-refractivity contribution is 6.48. The summed E-state index contributed by atoms with van der Waals surface area (Å²) in [7, 11) is 0. The molecule has 0 bridgehead atoms. The van der Waals surface area contributed by atoms with E-state index < -0.39 is 23.9 Å². The van der Waals surface area contributed by atoms with Crippen LogP contribution in [0, 0.1) is 0 Å². The van der Waals surface area contributed by atoms with Gasteiger partial charge in [0.05, 0.1) is 20.6 Å². The molecule has 9 heteroatoms. The molecule has 0 saturated carbocycles. The van der Waals surface area contributed by atoms with Gasteiger partial charge in [-0.25, -0.2) is 9.18 Å². The number of hydrogen-bond donors (Lipinski definition) is 1. The van der Waals surface area contributed by atoms with Crippen LogP contribution < -0.4 is 0 Å². The number of aromatic carboxylic acids is 1. The second-order valence-corrected chi connectivity index (χ2v) is 7.54. The fourth-order valence-corrected chi connectivity index (χ4v) is 3.68. The zero-order valence-corrected chi connectivity index (χ0v) is 17.0. The number of carboxylic acids is 1. The summed E-state index contributed by atoms with van der Waals surface area (Å²) in [5.41, 5.74) is -0.648. The summed E-state index contributed by atoms with van der Waals surface area (Å²) in [6.45, 7) is 0. The molecule has 0 radical (unpaired) electrons. The molecule has 0 saturated heterocycles. The van der Waals surface area contributed by atoms with Crippen LogP contribution in [0.3, 0.4) is 0 Å². The molecule has 0 heterocycles. The number of benzene rings is 3. The topological polar surface area (TPSA) is 37.3 Å². The summed E-state index contributed by atoms with van der Waals surface area (Å²) >= 11 is 17.5. The number of carbonyl (C=O) groups is 1. The molecule has 156 valence electrons. The van der Waals surface area contributed by atoms with E-state index in [1.807, 2.05) is 0 Å². The second kappa shape index (κ2) is 8.46. The van der Waals surface area contributed by atoms with E-state index >= 15 is 4.39 Å². The van der Waals surface area contributed by atoms with Crippen LogP contribution in [0.2, 0.25) is 15.1 Å². The van der Waals surface area contributed by atoms with Crippen molar-refractivity contribution in [1.82, 2.24) is 0 Å². The monoisotopic (exact) mass is 476 g/mol. The Kier molecular flexibility index (Phi) is 6.32. The van der Waals surface area contributed by atoms with Crippen LogP contribution in [0.15, 0.2) is 54.6 Å². The highest BCUT2D eigenvalue weighted by Gasteiger charge is 2.40. The van der Waals surface area contributed by atoms with Crippen molar-refractivity contribution >= 4 is 57.4 Å². The minimum atomic E-state index is -4.85. The first-order valence-corrected chi connectivity index (χ1v) is 9.48. The fourth-order valence-electron chi connectivity index (χ4n) is 3.06. The molecule has 1 atom stereocenters. The van der Waals surface area contributed by atoms with Crippen LogP contribution in [0.1, 0.15) is 27.4 Å². The largest absolute Gasteiger partial charge is 0.478 e. The maximum Gasteiger partial charge on any atom is 0.399 e. The summed E-state index contributed by atoms with van der Waals surface area (Å²) in [6, 6.07) is 10.2. The number of alkyl halides is 3. The first-order valence-electron chi connectivity index (χ1n) is 8.34. The zero-order chi connectivity index (χ0) is 22.2. The predicted molar refractivity (Wildman–Crippen MR) is 110 cm³/mol. The zero-order valence-electron chi connectivity index (χ0n) is 14.8. The van der Waals surface area contributed by atoms with Gasteiger partial charge in [-0.05, 0) is 40.6 Å². The van der Waals surface area contributed by atoms with Crippen LogP contribution in [-0.4, -0.2) is 17.3 Å². The maximum atomic E-state index is 15.1. The van der Waals surface area contributed by atoms with Gasteiger partial charge in [0.2, 0.25) is 0 Å². The number of hydrogen-bond acceptors (Lipinski definition) is 1. The summed E-state index contributed by atoms with van der Waals surface area (Å²) in [6.07, 6.45) is -4.45. The van der Waals surface area contributed by atoms with Gasteiger partial charge in [-0.3, -0.25) is 0 Å². The molecule has 0 fully saturated rings. The number of allylic oxidation sites excluding steroid dienone is 1. The van der Waals surface area contributed by atoms with Gasteiger partial charge >= 0.3 is 12.1 Å². The van der Waals surface area contributed by atoms with Gasteiger partial charge in [0.15, 0.2) is 0 Å². The van der Waals surface area contributed by atoms with Gasteiger partial charge in [-0.2, -0.15) is 13.2 Å². The third-order valence-corrected chi connectivity index (χ3v) is 5.64. The van der Waals surface area contributed by atoms with Gasteiger partial charge in [-0.1, -0.05) is 65.1 Å². The Labute approximate surface area is 183 Å². The van der Waals surface area contributed by atoms with Crippen molar-refractivity contribution in [2.45, 2.75) is 12.1 Å². The molecule has 0 aliphatic rings. The van der Waals surface area contributed by atoms with Crippen molar-refractivity contribution in [3.63, 3.8) is 0 Å². The van der Waals surface area contributed by atoms with E-state index in [9.17, 15) is 23.1 Å². The highest BCUT2D eigenvalue weighted by Crippen LogP contribution is 2.42. The minimum Gasteiger partial charge on any atom is -0.478 e. The molecule has 1 unspecified atom stereocenters. The Morgan fingerprint density at radius 3 is 1.93 bits per heavy atom. The lowest BCUT2D eigenvalue weighted by Gasteiger charge is -2.19. The summed E-state index contributed by atoms with van der Waals surface area (Å²) in [5.74, 6) is -4.77. The fraction of sp³-hybridized carbons (Fsp3) is 0.0952. The van der Waals surface area contributed by atoms with E-state index in [2.05, 4.69) is 0 Å². The highest BCUT2D eigenvalue weighted by atomic mass is 35.5. The van der Waals surface area contributed by atoms with Crippen LogP contribution in [0.4, 0.5) is 17.6 Å². The first-order chi connectivity index (χ1) is 14.0. The van der Waals surface area contributed by atoms with E-state index in [1.54, 1.807) is 6.07 Å². The molecule has 2 nitrogen and oxygen atoms in total. The molecular weight excluding hydrogens is 467 g/mol. The van der Waals surface area contributed by atoms with E-state index in [1.165, 1.54) is 18.2 Å². The third kappa shape index (κ3) is 4.41. The minimum absolute atomic E-state index is 0.0919. The maximum absolute atomic E-state index is 15.1. The van der Waals surface area contributed by atoms with Gasteiger partial charge in [0.1, 0.15) is 11.7 Å². The van der Waals surface area contributed by atoms with Crippen molar-refractivity contribution in [1.29, 1.82) is 0 Å². The molecule has 0 aliphatic heterocycles. The lowest BCUT2D eigenvalue weighted by atomic mass is 9.94. The molecule has 0 spiro atoms. The van der Waals surface area contributed by atoms with Crippen molar-refractivity contribution in [2.24, 2.45) is 0 Å². The van der Waals surface area contributed by atoms with E-state index in [4.69, 9.17) is 34.8 Å². The standard InChI is InChI=1S/C21H11Cl3F4O2/c22-16-7-10(8-17(23)19(16)24)15(21(26,27)28)9-18(25)13-5-6-14(20(29)30)12-4-2-1-3-11(12)13/h1-9,15H,(H,29,30)/b18-9-. The lowest BCUT2D eigenvalue weighted by Crippen LogP contribution is -2.19. The van der Waals surface area contributed by atoms with Crippen molar-refractivity contribution < 1.29 is 27.5 Å². The summed E-state index contributed by atoms with van der Waals surface area (Å²) in [5, 5.41) is 9.16. The van der Waals surface area contributed by atoms with E-state index in [0.717, 1.165) is 24.3 Å². The number of rotatable bonds is 4. The molecule has 0 aliphatic carbocycles. The molecule has 1 N–H and O–H groups in total. The molecular formula is C21H11Cl3F4O2. The van der Waals surface area contributed by atoms with Gasteiger partial charge in [-0.15, -0.1) is 0 Å².